The van der Waals surface area contributed by atoms with Crippen molar-refractivity contribution in [1.29, 1.82) is 0 Å². The Bertz CT molecular complexity index is 466. The maximum absolute atomic E-state index is 12.9. The molecule has 1 aromatic carbocycles. The van der Waals surface area contributed by atoms with Crippen LogP contribution in [0.25, 0.3) is 0 Å². The molecule has 110 valence electrons. The molecule has 0 aromatic heterocycles. The molecule has 0 aliphatic carbocycles. The van der Waals surface area contributed by atoms with Gasteiger partial charge in [0.25, 0.3) is 5.91 Å². The van der Waals surface area contributed by atoms with E-state index < -0.39 is 23.8 Å². The van der Waals surface area contributed by atoms with E-state index in [0.717, 1.165) is 6.07 Å². The van der Waals surface area contributed by atoms with Crippen LogP contribution >= 0.6 is 0 Å². The van der Waals surface area contributed by atoms with Gasteiger partial charge in [-0.25, -0.2) is 4.39 Å². The first kappa shape index (κ1) is 15.9. The Morgan fingerprint density at radius 1 is 1.45 bits per heavy atom. The molecule has 6 nitrogen and oxygen atoms in total. The summed E-state index contributed by atoms with van der Waals surface area (Å²) >= 11 is 0. The number of carboxylic acid groups (broad SMARTS) is 1. The van der Waals surface area contributed by atoms with Crippen molar-refractivity contribution in [3.05, 3.63) is 30.1 Å². The number of ether oxygens (including phenoxy) is 2. The Morgan fingerprint density at radius 3 is 2.80 bits per heavy atom. The van der Waals surface area contributed by atoms with Gasteiger partial charge in [0, 0.05) is 19.7 Å². The number of methoxy groups -OCH3 is 1. The smallest absolute Gasteiger partial charge is 0.306 e. The second-order valence-corrected chi connectivity index (χ2v) is 4.01. The van der Waals surface area contributed by atoms with E-state index >= 15 is 0 Å². The average Bonchev–Trinajstić information content (AvgIpc) is 2.40. The molecule has 0 saturated carbocycles. The van der Waals surface area contributed by atoms with Gasteiger partial charge >= 0.3 is 5.97 Å². The predicted octanol–water partition coefficient (Wildman–Crippen LogP) is 0.810. The monoisotopic (exact) mass is 285 g/mol. The molecule has 1 rings (SSSR count). The second kappa shape index (κ2) is 8.11. The molecule has 0 fully saturated rings. The summed E-state index contributed by atoms with van der Waals surface area (Å²) in [6.07, 6.45) is -0.813. The summed E-state index contributed by atoms with van der Waals surface area (Å²) in [5.41, 5.74) is 0. The minimum Gasteiger partial charge on any atom is -0.484 e. The zero-order valence-corrected chi connectivity index (χ0v) is 11.0. The lowest BCUT2D eigenvalue weighted by Gasteiger charge is -2.14. The van der Waals surface area contributed by atoms with Crippen LogP contribution < -0.4 is 10.1 Å². The molecule has 1 atom stereocenters. The zero-order chi connectivity index (χ0) is 15.0. The van der Waals surface area contributed by atoms with Crippen LogP contribution in [0.2, 0.25) is 0 Å². The van der Waals surface area contributed by atoms with Gasteiger partial charge in [-0.1, -0.05) is 6.07 Å². The number of amides is 1. The number of carbonyl (C=O) groups is 2. The van der Waals surface area contributed by atoms with E-state index in [1.807, 2.05) is 0 Å². The molecule has 1 aromatic rings. The van der Waals surface area contributed by atoms with E-state index in [2.05, 4.69) is 5.32 Å². The molecule has 20 heavy (non-hydrogen) atoms. The zero-order valence-electron chi connectivity index (χ0n) is 11.0. The van der Waals surface area contributed by atoms with Gasteiger partial charge in [0.2, 0.25) is 0 Å². The number of carboxylic acids is 1. The molecule has 0 saturated heterocycles. The summed E-state index contributed by atoms with van der Waals surface area (Å²) in [5, 5.41) is 11.1. The molecular weight excluding hydrogens is 269 g/mol. The first-order valence-electron chi connectivity index (χ1n) is 5.91. The fraction of sp³-hybridized carbons (Fsp3) is 0.385. The third kappa shape index (κ3) is 6.14. The molecular formula is C13H16FNO5. The number of hydrogen-bond acceptors (Lipinski definition) is 4. The van der Waals surface area contributed by atoms with E-state index in [4.69, 9.17) is 14.6 Å². The van der Waals surface area contributed by atoms with Crippen molar-refractivity contribution in [2.24, 2.45) is 0 Å². The quantitative estimate of drug-likeness (QED) is 0.738. The maximum atomic E-state index is 12.9. The van der Waals surface area contributed by atoms with Gasteiger partial charge in [0.1, 0.15) is 11.6 Å². The first-order valence-corrected chi connectivity index (χ1v) is 5.91. The Balaban J connectivity index is 2.31. The van der Waals surface area contributed by atoms with E-state index in [9.17, 15) is 14.0 Å². The van der Waals surface area contributed by atoms with Gasteiger partial charge in [0.05, 0.1) is 12.5 Å². The van der Waals surface area contributed by atoms with Crippen LogP contribution in [0.15, 0.2) is 24.3 Å². The molecule has 0 heterocycles. The fourth-order valence-electron chi connectivity index (χ4n) is 1.42. The Morgan fingerprint density at radius 2 is 2.20 bits per heavy atom. The molecule has 0 spiro atoms. The lowest BCUT2D eigenvalue weighted by Crippen LogP contribution is -2.37. The third-order valence-corrected chi connectivity index (χ3v) is 2.43. The van der Waals surface area contributed by atoms with Crippen LogP contribution in [0.1, 0.15) is 6.42 Å². The van der Waals surface area contributed by atoms with E-state index in [1.54, 1.807) is 0 Å². The van der Waals surface area contributed by atoms with Crippen molar-refractivity contribution in [3.63, 3.8) is 0 Å². The number of benzene rings is 1. The van der Waals surface area contributed by atoms with E-state index in [0.29, 0.717) is 0 Å². The van der Waals surface area contributed by atoms with Crippen LogP contribution in [-0.2, 0) is 14.3 Å². The standard InChI is InChI=1S/C13H16FNO5/c1-19-11(6-13(17)18)7-15-12(16)8-20-10-4-2-3-9(14)5-10/h2-5,11H,6-8H2,1H3,(H,15,16)(H,17,18). The van der Waals surface area contributed by atoms with Crippen LogP contribution in [0.5, 0.6) is 5.75 Å². The summed E-state index contributed by atoms with van der Waals surface area (Å²) < 4.78 is 22.9. The van der Waals surface area contributed by atoms with E-state index in [-0.39, 0.29) is 25.3 Å². The van der Waals surface area contributed by atoms with Crippen molar-refractivity contribution < 1.29 is 28.6 Å². The highest BCUT2D eigenvalue weighted by Crippen LogP contribution is 2.11. The molecule has 0 radical (unpaired) electrons. The SMILES string of the molecule is COC(CNC(=O)COc1cccc(F)c1)CC(=O)O. The van der Waals surface area contributed by atoms with Gasteiger partial charge in [-0.15, -0.1) is 0 Å². The van der Waals surface area contributed by atoms with E-state index in [1.165, 1.54) is 25.3 Å². The number of aliphatic carboxylic acids is 1. The van der Waals surface area contributed by atoms with Crippen molar-refractivity contribution >= 4 is 11.9 Å². The summed E-state index contributed by atoms with van der Waals surface area (Å²) in [6, 6.07) is 5.42. The summed E-state index contributed by atoms with van der Waals surface area (Å²) in [5.74, 6) is -1.67. The highest BCUT2D eigenvalue weighted by molar-refractivity contribution is 5.77. The fourth-order valence-corrected chi connectivity index (χ4v) is 1.42. The Hall–Kier alpha value is -2.15. The Labute approximate surface area is 115 Å². The van der Waals surface area contributed by atoms with Gasteiger partial charge in [-0.2, -0.15) is 0 Å². The largest absolute Gasteiger partial charge is 0.484 e. The van der Waals surface area contributed by atoms with Crippen LogP contribution in [0.4, 0.5) is 4.39 Å². The van der Waals surface area contributed by atoms with Gasteiger partial charge < -0.3 is 19.9 Å². The normalized spacial score (nSPS) is 11.7. The molecule has 0 aliphatic heterocycles. The highest BCUT2D eigenvalue weighted by Gasteiger charge is 2.13. The topological polar surface area (TPSA) is 84.9 Å². The van der Waals surface area contributed by atoms with Crippen molar-refractivity contribution in [1.82, 2.24) is 5.32 Å². The summed E-state index contributed by atoms with van der Waals surface area (Å²) in [7, 11) is 1.36. The third-order valence-electron chi connectivity index (χ3n) is 2.43. The van der Waals surface area contributed by atoms with Crippen LogP contribution in [-0.4, -0.2) is 43.3 Å². The molecule has 2 N–H and O–H groups in total. The molecule has 1 unspecified atom stereocenters. The second-order valence-electron chi connectivity index (χ2n) is 4.01. The van der Waals surface area contributed by atoms with Crippen molar-refractivity contribution in [2.45, 2.75) is 12.5 Å². The average molecular weight is 285 g/mol. The number of hydrogen-bond donors (Lipinski definition) is 2. The van der Waals surface area contributed by atoms with Crippen LogP contribution in [0, 0.1) is 5.82 Å². The number of nitrogens with one attached hydrogen (secondary N) is 1. The number of carbonyl (C=O) groups excluding carboxylic acids is 1. The van der Waals surface area contributed by atoms with Gasteiger partial charge in [0.15, 0.2) is 6.61 Å². The Kier molecular flexibility index (Phi) is 6.45. The first-order chi connectivity index (χ1) is 9.51. The molecule has 0 bridgehead atoms. The van der Waals surface area contributed by atoms with Crippen molar-refractivity contribution in [2.75, 3.05) is 20.3 Å². The maximum Gasteiger partial charge on any atom is 0.306 e. The predicted molar refractivity (Wildman–Crippen MR) is 68.0 cm³/mol. The summed E-state index contributed by atoms with van der Waals surface area (Å²) in [6.45, 7) is -0.221. The van der Waals surface area contributed by atoms with Crippen LogP contribution in [0.3, 0.4) is 0 Å². The lowest BCUT2D eigenvalue weighted by molar-refractivity contribution is -0.140. The number of halogens is 1. The number of rotatable bonds is 8. The minimum atomic E-state index is -1.01. The van der Waals surface area contributed by atoms with Gasteiger partial charge in [-0.05, 0) is 12.1 Å². The molecule has 1 amide bonds. The summed E-state index contributed by atoms with van der Waals surface area (Å²) in [4.78, 5) is 22.0. The molecule has 7 heteroatoms. The lowest BCUT2D eigenvalue weighted by atomic mass is 10.2. The van der Waals surface area contributed by atoms with Gasteiger partial charge in [-0.3, -0.25) is 9.59 Å². The highest BCUT2D eigenvalue weighted by atomic mass is 19.1. The van der Waals surface area contributed by atoms with Crippen molar-refractivity contribution in [3.8, 4) is 5.75 Å². The molecule has 0 aliphatic rings. The minimum absolute atomic E-state index is 0.0636.